The van der Waals surface area contributed by atoms with Gasteiger partial charge in [0.1, 0.15) is 0 Å². The summed E-state index contributed by atoms with van der Waals surface area (Å²) < 4.78 is 23.8. The Balaban J connectivity index is 2.14. The Hall–Kier alpha value is -0.660. The number of nitrogens with one attached hydrogen (secondary N) is 3. The molecule has 0 aliphatic carbocycles. The van der Waals surface area contributed by atoms with E-state index in [1.165, 1.54) is 0 Å². The van der Waals surface area contributed by atoms with Gasteiger partial charge in [0.05, 0.1) is 12.3 Å². The van der Waals surface area contributed by atoms with E-state index in [1.54, 1.807) is 0 Å². The third-order valence-electron chi connectivity index (χ3n) is 2.42. The van der Waals surface area contributed by atoms with Crippen LogP contribution in [0.25, 0.3) is 0 Å². The van der Waals surface area contributed by atoms with Crippen molar-refractivity contribution in [3.63, 3.8) is 0 Å². The number of piperidine rings is 1. The van der Waals surface area contributed by atoms with Gasteiger partial charge in [0.15, 0.2) is 0 Å². The normalized spacial score (nSPS) is 21.7. The third kappa shape index (κ3) is 5.43. The second-order valence-electron chi connectivity index (χ2n) is 3.96. The maximum Gasteiger partial charge on any atom is 0.237 e. The summed E-state index contributed by atoms with van der Waals surface area (Å²) in [6.45, 7) is 1.43. The zero-order valence-corrected chi connectivity index (χ0v) is 10.3. The average Bonchev–Trinajstić information content (AvgIpc) is 2.24. The van der Waals surface area contributed by atoms with Crippen LogP contribution in [-0.2, 0) is 14.8 Å². The molecule has 6 nitrogen and oxygen atoms in total. The van der Waals surface area contributed by atoms with Gasteiger partial charge in [0.2, 0.25) is 15.9 Å². The molecule has 1 heterocycles. The number of sulfonamides is 1. The van der Waals surface area contributed by atoms with Crippen LogP contribution in [0.4, 0.5) is 0 Å². The number of rotatable bonds is 5. The molecule has 0 aromatic rings. The molecule has 16 heavy (non-hydrogen) atoms. The molecular weight excluding hydrogens is 230 g/mol. The first kappa shape index (κ1) is 13.4. The van der Waals surface area contributed by atoms with Gasteiger partial charge in [0, 0.05) is 13.1 Å². The summed E-state index contributed by atoms with van der Waals surface area (Å²) in [4.78, 5) is 11.6. The van der Waals surface area contributed by atoms with Gasteiger partial charge in [0.25, 0.3) is 0 Å². The molecular formula is C9H19N3O3S. The minimum absolute atomic E-state index is 0.0463. The van der Waals surface area contributed by atoms with Crippen LogP contribution >= 0.6 is 0 Å². The number of amides is 1. The van der Waals surface area contributed by atoms with E-state index in [-0.39, 0.29) is 18.5 Å². The number of hydrogen-bond acceptors (Lipinski definition) is 4. The molecule has 1 aliphatic rings. The molecule has 0 aromatic heterocycles. The Kier molecular flexibility index (Phi) is 5.17. The monoisotopic (exact) mass is 249 g/mol. The van der Waals surface area contributed by atoms with Gasteiger partial charge in [-0.3, -0.25) is 4.79 Å². The molecule has 1 fully saturated rings. The molecule has 0 saturated carbocycles. The minimum atomic E-state index is -3.16. The van der Waals surface area contributed by atoms with E-state index in [4.69, 9.17) is 0 Å². The van der Waals surface area contributed by atoms with E-state index in [9.17, 15) is 13.2 Å². The van der Waals surface area contributed by atoms with E-state index in [0.29, 0.717) is 6.54 Å². The molecule has 0 unspecified atom stereocenters. The van der Waals surface area contributed by atoms with Crippen molar-refractivity contribution in [1.29, 1.82) is 0 Å². The molecule has 0 aromatic carbocycles. The Labute approximate surface area is 96.2 Å². The zero-order valence-electron chi connectivity index (χ0n) is 9.45. The molecule has 1 rings (SSSR count). The molecule has 0 spiro atoms. The Bertz CT molecular complexity index is 323. The lowest BCUT2D eigenvalue weighted by Gasteiger charge is -2.22. The highest BCUT2D eigenvalue weighted by atomic mass is 32.2. The van der Waals surface area contributed by atoms with Gasteiger partial charge < -0.3 is 10.6 Å². The molecule has 7 heteroatoms. The first-order valence-electron chi connectivity index (χ1n) is 5.45. The maximum absolute atomic E-state index is 11.6. The molecule has 94 valence electrons. The Morgan fingerprint density at radius 1 is 1.38 bits per heavy atom. The van der Waals surface area contributed by atoms with Crippen molar-refractivity contribution in [2.45, 2.75) is 25.3 Å². The Morgan fingerprint density at radius 3 is 2.69 bits per heavy atom. The second kappa shape index (κ2) is 6.17. The number of carbonyl (C=O) groups excluding carboxylic acids is 1. The standard InChI is InChI=1S/C9H19N3O3S/c1-16(14,15)12-7-6-11-9(13)8-4-2-3-5-10-8/h8,10,12H,2-7H2,1H3,(H,11,13)/t8-/m0/s1. The minimum Gasteiger partial charge on any atom is -0.353 e. The van der Waals surface area contributed by atoms with Crippen molar-refractivity contribution in [3.8, 4) is 0 Å². The summed E-state index contributed by atoms with van der Waals surface area (Å²) in [5.41, 5.74) is 0. The van der Waals surface area contributed by atoms with Crippen molar-refractivity contribution in [2.24, 2.45) is 0 Å². The van der Waals surface area contributed by atoms with Crippen molar-refractivity contribution >= 4 is 15.9 Å². The third-order valence-corrected chi connectivity index (χ3v) is 3.14. The van der Waals surface area contributed by atoms with Crippen LogP contribution in [0.2, 0.25) is 0 Å². The first-order chi connectivity index (χ1) is 7.49. The zero-order chi connectivity index (χ0) is 12.0. The van der Waals surface area contributed by atoms with Gasteiger partial charge in [-0.25, -0.2) is 13.1 Å². The predicted molar refractivity (Wildman–Crippen MR) is 61.5 cm³/mol. The summed E-state index contributed by atoms with van der Waals surface area (Å²) in [5, 5.41) is 5.82. The van der Waals surface area contributed by atoms with Crippen LogP contribution in [0.5, 0.6) is 0 Å². The van der Waals surface area contributed by atoms with Crippen molar-refractivity contribution in [1.82, 2.24) is 15.4 Å². The van der Waals surface area contributed by atoms with E-state index >= 15 is 0 Å². The highest BCUT2D eigenvalue weighted by Gasteiger charge is 2.19. The molecule has 3 N–H and O–H groups in total. The van der Waals surface area contributed by atoms with Gasteiger partial charge in [-0.1, -0.05) is 6.42 Å². The van der Waals surface area contributed by atoms with E-state index < -0.39 is 10.0 Å². The highest BCUT2D eigenvalue weighted by Crippen LogP contribution is 2.06. The van der Waals surface area contributed by atoms with Gasteiger partial charge in [-0.2, -0.15) is 0 Å². The van der Waals surface area contributed by atoms with Crippen molar-refractivity contribution < 1.29 is 13.2 Å². The van der Waals surface area contributed by atoms with E-state index in [2.05, 4.69) is 15.4 Å². The summed E-state index contributed by atoms with van der Waals surface area (Å²) in [7, 11) is -3.16. The van der Waals surface area contributed by atoms with E-state index in [1.807, 2.05) is 0 Å². The van der Waals surface area contributed by atoms with Crippen LogP contribution in [0, 0.1) is 0 Å². The fraction of sp³-hybridized carbons (Fsp3) is 0.889. The lowest BCUT2D eigenvalue weighted by atomic mass is 10.0. The summed E-state index contributed by atoms with van der Waals surface area (Å²) >= 11 is 0. The molecule has 0 radical (unpaired) electrons. The van der Waals surface area contributed by atoms with Crippen LogP contribution in [-0.4, -0.2) is 46.3 Å². The lowest BCUT2D eigenvalue weighted by Crippen LogP contribution is -2.48. The lowest BCUT2D eigenvalue weighted by molar-refractivity contribution is -0.123. The van der Waals surface area contributed by atoms with Crippen LogP contribution in [0.15, 0.2) is 0 Å². The van der Waals surface area contributed by atoms with Crippen LogP contribution < -0.4 is 15.4 Å². The fourth-order valence-corrected chi connectivity index (χ4v) is 2.09. The van der Waals surface area contributed by atoms with Crippen molar-refractivity contribution in [2.75, 3.05) is 25.9 Å². The highest BCUT2D eigenvalue weighted by molar-refractivity contribution is 7.88. The summed E-state index contributed by atoms with van der Waals surface area (Å²) in [6.07, 6.45) is 4.12. The quantitative estimate of drug-likeness (QED) is 0.534. The topological polar surface area (TPSA) is 87.3 Å². The summed E-state index contributed by atoms with van der Waals surface area (Å²) in [6, 6.07) is -0.119. The number of carbonyl (C=O) groups is 1. The van der Waals surface area contributed by atoms with Crippen LogP contribution in [0.3, 0.4) is 0 Å². The maximum atomic E-state index is 11.6. The summed E-state index contributed by atoms with van der Waals surface area (Å²) in [5.74, 6) is -0.0463. The van der Waals surface area contributed by atoms with E-state index in [0.717, 1.165) is 32.1 Å². The largest absolute Gasteiger partial charge is 0.353 e. The van der Waals surface area contributed by atoms with Gasteiger partial charge in [-0.15, -0.1) is 0 Å². The number of hydrogen-bond donors (Lipinski definition) is 3. The molecule has 1 saturated heterocycles. The van der Waals surface area contributed by atoms with Crippen molar-refractivity contribution in [3.05, 3.63) is 0 Å². The molecule has 0 bridgehead atoms. The smallest absolute Gasteiger partial charge is 0.237 e. The average molecular weight is 249 g/mol. The second-order valence-corrected chi connectivity index (χ2v) is 5.79. The molecule has 1 aliphatic heterocycles. The molecule has 1 atom stereocenters. The SMILES string of the molecule is CS(=O)(=O)NCCNC(=O)[C@@H]1CCCCN1. The first-order valence-corrected chi connectivity index (χ1v) is 7.34. The predicted octanol–water partition coefficient (Wildman–Crippen LogP) is -1.21. The van der Waals surface area contributed by atoms with Gasteiger partial charge in [-0.05, 0) is 19.4 Å². The van der Waals surface area contributed by atoms with Crippen LogP contribution in [0.1, 0.15) is 19.3 Å². The fourth-order valence-electron chi connectivity index (χ4n) is 1.62. The van der Waals surface area contributed by atoms with Gasteiger partial charge >= 0.3 is 0 Å². The Morgan fingerprint density at radius 2 is 2.12 bits per heavy atom. The molecule has 1 amide bonds.